The zero-order valence-corrected chi connectivity index (χ0v) is 13.7. The van der Waals surface area contributed by atoms with Crippen LogP contribution >= 0.6 is 15.9 Å². The highest BCUT2D eigenvalue weighted by atomic mass is 79.9. The van der Waals surface area contributed by atoms with Gasteiger partial charge in [-0.05, 0) is 46.0 Å². The Bertz CT molecular complexity index is 458. The Kier molecular flexibility index (Phi) is 7.37. The van der Waals surface area contributed by atoms with Crippen molar-refractivity contribution >= 4 is 21.8 Å². The lowest BCUT2D eigenvalue weighted by Gasteiger charge is -2.11. The van der Waals surface area contributed by atoms with E-state index < -0.39 is 0 Å². The average Bonchev–Trinajstić information content (AvgIpc) is 2.42. The first-order chi connectivity index (χ1) is 9.54. The Morgan fingerprint density at radius 3 is 2.85 bits per heavy atom. The minimum absolute atomic E-state index is 0.0303. The van der Waals surface area contributed by atoms with Gasteiger partial charge in [0.1, 0.15) is 5.75 Å². The first-order valence-electron chi connectivity index (χ1n) is 6.84. The van der Waals surface area contributed by atoms with Gasteiger partial charge in [0, 0.05) is 13.0 Å². The molecule has 0 atom stereocenters. The molecule has 0 spiro atoms. The summed E-state index contributed by atoms with van der Waals surface area (Å²) in [5.74, 6) is 1.34. The summed E-state index contributed by atoms with van der Waals surface area (Å²) < 4.78 is 6.64. The fraction of sp³-hybridized carbons (Fsp3) is 0.438. The SMILES string of the molecule is C=CCNC(=O)CCCOc1ccc(C(C)C)cc1Br. The van der Waals surface area contributed by atoms with Gasteiger partial charge < -0.3 is 10.1 Å². The average molecular weight is 340 g/mol. The molecule has 0 aliphatic rings. The molecule has 1 rings (SSSR count). The van der Waals surface area contributed by atoms with Gasteiger partial charge >= 0.3 is 0 Å². The van der Waals surface area contributed by atoms with Crippen molar-refractivity contribution in [3.8, 4) is 5.75 Å². The number of hydrogen-bond donors (Lipinski definition) is 1. The van der Waals surface area contributed by atoms with Crippen LogP contribution in [0.15, 0.2) is 35.3 Å². The van der Waals surface area contributed by atoms with E-state index in [9.17, 15) is 4.79 Å². The molecular formula is C16H22BrNO2. The molecule has 110 valence electrons. The molecule has 20 heavy (non-hydrogen) atoms. The summed E-state index contributed by atoms with van der Waals surface area (Å²) in [6, 6.07) is 6.12. The number of nitrogens with one attached hydrogen (secondary N) is 1. The van der Waals surface area contributed by atoms with Crippen LogP contribution in [0.3, 0.4) is 0 Å². The first-order valence-corrected chi connectivity index (χ1v) is 7.63. The molecule has 0 bridgehead atoms. The smallest absolute Gasteiger partial charge is 0.220 e. The van der Waals surface area contributed by atoms with Gasteiger partial charge in [0.2, 0.25) is 5.91 Å². The maximum absolute atomic E-state index is 11.4. The largest absolute Gasteiger partial charge is 0.492 e. The van der Waals surface area contributed by atoms with Crippen molar-refractivity contribution in [3.05, 3.63) is 40.9 Å². The minimum Gasteiger partial charge on any atom is -0.492 e. The van der Waals surface area contributed by atoms with Crippen LogP contribution in [0.5, 0.6) is 5.75 Å². The van der Waals surface area contributed by atoms with Gasteiger partial charge in [-0.15, -0.1) is 6.58 Å². The number of ether oxygens (including phenoxy) is 1. The van der Waals surface area contributed by atoms with Crippen molar-refractivity contribution in [2.75, 3.05) is 13.2 Å². The molecule has 1 aromatic rings. The summed E-state index contributed by atoms with van der Waals surface area (Å²) in [5.41, 5.74) is 1.27. The van der Waals surface area contributed by atoms with Crippen molar-refractivity contribution in [3.63, 3.8) is 0 Å². The van der Waals surface area contributed by atoms with Crippen LogP contribution in [0, 0.1) is 0 Å². The first kappa shape index (κ1) is 16.8. The minimum atomic E-state index is 0.0303. The number of carbonyl (C=O) groups is 1. The number of hydrogen-bond acceptors (Lipinski definition) is 2. The van der Waals surface area contributed by atoms with Crippen LogP contribution in [0.1, 0.15) is 38.2 Å². The second-order valence-electron chi connectivity index (χ2n) is 4.89. The molecule has 1 N–H and O–H groups in total. The number of benzene rings is 1. The fourth-order valence-corrected chi connectivity index (χ4v) is 2.19. The molecule has 0 saturated heterocycles. The van der Waals surface area contributed by atoms with Crippen molar-refractivity contribution < 1.29 is 9.53 Å². The van der Waals surface area contributed by atoms with E-state index in [2.05, 4.69) is 53.8 Å². The van der Waals surface area contributed by atoms with Crippen LogP contribution in [0.2, 0.25) is 0 Å². The molecule has 0 fully saturated rings. The third kappa shape index (κ3) is 5.78. The molecule has 0 aromatic heterocycles. The maximum atomic E-state index is 11.4. The van der Waals surface area contributed by atoms with Gasteiger partial charge in [0.05, 0.1) is 11.1 Å². The second-order valence-corrected chi connectivity index (χ2v) is 5.74. The summed E-state index contributed by atoms with van der Waals surface area (Å²) in [6.07, 6.45) is 2.83. The van der Waals surface area contributed by atoms with Gasteiger partial charge in [0.15, 0.2) is 0 Å². The molecule has 0 saturated carbocycles. The number of rotatable bonds is 8. The van der Waals surface area contributed by atoms with Crippen LogP contribution in [-0.4, -0.2) is 19.1 Å². The van der Waals surface area contributed by atoms with E-state index in [4.69, 9.17) is 4.74 Å². The lowest BCUT2D eigenvalue weighted by molar-refractivity contribution is -0.121. The van der Waals surface area contributed by atoms with E-state index in [1.807, 2.05) is 6.07 Å². The van der Waals surface area contributed by atoms with E-state index in [1.165, 1.54) is 5.56 Å². The molecule has 4 heteroatoms. The fourth-order valence-electron chi connectivity index (χ4n) is 1.68. The van der Waals surface area contributed by atoms with Gasteiger partial charge in [-0.2, -0.15) is 0 Å². The third-order valence-electron chi connectivity index (χ3n) is 2.87. The predicted octanol–water partition coefficient (Wildman–Crippen LogP) is 4.03. The maximum Gasteiger partial charge on any atom is 0.220 e. The van der Waals surface area contributed by atoms with Gasteiger partial charge in [-0.1, -0.05) is 26.0 Å². The zero-order chi connectivity index (χ0) is 15.0. The van der Waals surface area contributed by atoms with E-state index in [1.54, 1.807) is 6.08 Å². The highest BCUT2D eigenvalue weighted by Crippen LogP contribution is 2.28. The van der Waals surface area contributed by atoms with E-state index >= 15 is 0 Å². The highest BCUT2D eigenvalue weighted by Gasteiger charge is 2.06. The van der Waals surface area contributed by atoms with Crippen molar-refractivity contribution in [2.45, 2.75) is 32.6 Å². The standard InChI is InChI=1S/C16H22BrNO2/c1-4-9-18-16(19)6-5-10-20-15-8-7-13(12(2)3)11-14(15)17/h4,7-8,11-12H,1,5-6,9-10H2,2-3H3,(H,18,19). The molecule has 0 aliphatic carbocycles. The second kappa shape index (κ2) is 8.80. The molecular weight excluding hydrogens is 318 g/mol. The van der Waals surface area contributed by atoms with Crippen LogP contribution in [0.25, 0.3) is 0 Å². The monoisotopic (exact) mass is 339 g/mol. The Hall–Kier alpha value is -1.29. The third-order valence-corrected chi connectivity index (χ3v) is 3.49. The normalized spacial score (nSPS) is 10.4. The molecule has 3 nitrogen and oxygen atoms in total. The van der Waals surface area contributed by atoms with E-state index in [0.29, 0.717) is 31.9 Å². The van der Waals surface area contributed by atoms with Crippen molar-refractivity contribution in [1.29, 1.82) is 0 Å². The van der Waals surface area contributed by atoms with Gasteiger partial charge in [0.25, 0.3) is 0 Å². The highest BCUT2D eigenvalue weighted by molar-refractivity contribution is 9.10. The predicted molar refractivity (Wildman–Crippen MR) is 86.2 cm³/mol. The Labute approximate surface area is 129 Å². The molecule has 0 unspecified atom stereocenters. The van der Waals surface area contributed by atoms with E-state index in [0.717, 1.165) is 10.2 Å². The molecule has 0 radical (unpaired) electrons. The van der Waals surface area contributed by atoms with Gasteiger partial charge in [-0.25, -0.2) is 0 Å². The summed E-state index contributed by atoms with van der Waals surface area (Å²) in [6.45, 7) is 8.91. The topological polar surface area (TPSA) is 38.3 Å². The Morgan fingerprint density at radius 1 is 1.50 bits per heavy atom. The van der Waals surface area contributed by atoms with Crippen LogP contribution < -0.4 is 10.1 Å². The summed E-state index contributed by atoms with van der Waals surface area (Å²) in [4.78, 5) is 11.4. The molecule has 1 aromatic carbocycles. The lowest BCUT2D eigenvalue weighted by Crippen LogP contribution is -2.23. The van der Waals surface area contributed by atoms with E-state index in [-0.39, 0.29) is 5.91 Å². The Morgan fingerprint density at radius 2 is 2.25 bits per heavy atom. The molecule has 0 aliphatic heterocycles. The Balaban J connectivity index is 2.35. The lowest BCUT2D eigenvalue weighted by atomic mass is 10.0. The van der Waals surface area contributed by atoms with Crippen molar-refractivity contribution in [2.24, 2.45) is 0 Å². The number of carbonyl (C=O) groups excluding carboxylic acids is 1. The summed E-state index contributed by atoms with van der Waals surface area (Å²) in [7, 11) is 0. The van der Waals surface area contributed by atoms with Crippen LogP contribution in [-0.2, 0) is 4.79 Å². The number of amides is 1. The quantitative estimate of drug-likeness (QED) is 0.573. The van der Waals surface area contributed by atoms with Crippen molar-refractivity contribution in [1.82, 2.24) is 5.32 Å². The molecule has 1 amide bonds. The molecule has 0 heterocycles. The van der Waals surface area contributed by atoms with Crippen LogP contribution in [0.4, 0.5) is 0 Å². The van der Waals surface area contributed by atoms with Gasteiger partial charge in [-0.3, -0.25) is 4.79 Å². The number of halogens is 1. The summed E-state index contributed by atoms with van der Waals surface area (Å²) >= 11 is 3.52. The summed E-state index contributed by atoms with van der Waals surface area (Å²) in [5, 5.41) is 2.74. The zero-order valence-electron chi connectivity index (χ0n) is 12.1.